The maximum absolute atomic E-state index is 13.3. The Balaban J connectivity index is 2.31. The van der Waals surface area contributed by atoms with Gasteiger partial charge in [0.2, 0.25) is 11.1 Å². The molecule has 2 aromatic rings. The molecule has 0 radical (unpaired) electrons. The number of aromatic nitrogens is 2. The molecule has 0 aliphatic heterocycles. The van der Waals surface area contributed by atoms with Crippen LogP contribution in [0.5, 0.6) is 11.6 Å². The van der Waals surface area contributed by atoms with Crippen molar-refractivity contribution in [2.75, 3.05) is 0 Å². The molecule has 7 heteroatoms. The Hall–Kier alpha value is -1.10. The molecule has 0 saturated carbocycles. The molecule has 88 valence electrons. The van der Waals surface area contributed by atoms with Crippen LogP contribution in [0.3, 0.4) is 0 Å². The zero-order chi connectivity index (χ0) is 12.4. The Kier molecular flexibility index (Phi) is 3.66. The van der Waals surface area contributed by atoms with Gasteiger partial charge in [-0.15, -0.1) is 0 Å². The highest BCUT2D eigenvalue weighted by atomic mass is 35.5. The van der Waals surface area contributed by atoms with Crippen molar-refractivity contribution in [1.82, 2.24) is 9.97 Å². The van der Waals surface area contributed by atoms with Crippen molar-refractivity contribution in [2.24, 2.45) is 0 Å². The maximum atomic E-state index is 13.3. The van der Waals surface area contributed by atoms with E-state index in [-0.39, 0.29) is 11.2 Å². The summed E-state index contributed by atoms with van der Waals surface area (Å²) in [7, 11) is 0. The van der Waals surface area contributed by atoms with E-state index in [0.717, 1.165) is 6.20 Å². The van der Waals surface area contributed by atoms with Crippen LogP contribution in [0.4, 0.5) is 4.39 Å². The van der Waals surface area contributed by atoms with Crippen LogP contribution in [0.15, 0.2) is 24.4 Å². The first-order valence-corrected chi connectivity index (χ1v) is 5.50. The molecule has 0 unspecified atom stereocenters. The molecule has 0 aliphatic carbocycles. The molecular formula is C10H4Cl3FN2O. The van der Waals surface area contributed by atoms with Crippen LogP contribution in [-0.4, -0.2) is 9.97 Å². The van der Waals surface area contributed by atoms with Gasteiger partial charge in [0.05, 0.1) is 16.2 Å². The monoisotopic (exact) mass is 292 g/mol. The molecule has 2 rings (SSSR count). The molecule has 1 aromatic heterocycles. The Bertz CT molecular complexity index is 565. The average Bonchev–Trinajstić information content (AvgIpc) is 2.29. The molecule has 0 spiro atoms. The van der Waals surface area contributed by atoms with Crippen molar-refractivity contribution in [3.05, 3.63) is 45.5 Å². The minimum absolute atomic E-state index is 0.110. The molecule has 0 saturated heterocycles. The van der Waals surface area contributed by atoms with Gasteiger partial charge >= 0.3 is 0 Å². The lowest BCUT2D eigenvalue weighted by molar-refractivity contribution is 0.420. The summed E-state index contributed by atoms with van der Waals surface area (Å²) >= 11 is 17.0. The SMILES string of the molecule is Fc1cnc(Cl)nc1Oc1ccc(Cl)c(Cl)c1. The van der Waals surface area contributed by atoms with Crippen molar-refractivity contribution >= 4 is 34.8 Å². The molecule has 1 heterocycles. The van der Waals surface area contributed by atoms with E-state index >= 15 is 0 Å². The molecule has 1 aromatic carbocycles. The number of halogens is 4. The van der Waals surface area contributed by atoms with E-state index < -0.39 is 5.82 Å². The lowest BCUT2D eigenvalue weighted by Gasteiger charge is -2.06. The van der Waals surface area contributed by atoms with Crippen LogP contribution in [0, 0.1) is 5.82 Å². The van der Waals surface area contributed by atoms with Gasteiger partial charge in [-0.1, -0.05) is 23.2 Å². The van der Waals surface area contributed by atoms with E-state index in [1.807, 2.05) is 0 Å². The van der Waals surface area contributed by atoms with Gasteiger partial charge in [0, 0.05) is 6.07 Å². The van der Waals surface area contributed by atoms with Gasteiger partial charge in [-0.25, -0.2) is 4.98 Å². The van der Waals surface area contributed by atoms with Crippen LogP contribution in [0.1, 0.15) is 0 Å². The summed E-state index contributed by atoms with van der Waals surface area (Å²) in [4.78, 5) is 7.07. The average molecular weight is 294 g/mol. The van der Waals surface area contributed by atoms with E-state index in [9.17, 15) is 4.39 Å². The second-order valence-electron chi connectivity index (χ2n) is 2.97. The van der Waals surface area contributed by atoms with Crippen molar-refractivity contribution in [3.63, 3.8) is 0 Å². The number of ether oxygens (including phenoxy) is 1. The predicted octanol–water partition coefficient (Wildman–Crippen LogP) is 4.37. The van der Waals surface area contributed by atoms with E-state index in [1.165, 1.54) is 18.2 Å². The van der Waals surface area contributed by atoms with Crippen molar-refractivity contribution in [3.8, 4) is 11.6 Å². The fraction of sp³-hybridized carbons (Fsp3) is 0. The van der Waals surface area contributed by atoms with Crippen LogP contribution in [0.2, 0.25) is 15.3 Å². The number of nitrogens with zero attached hydrogens (tertiary/aromatic N) is 2. The quantitative estimate of drug-likeness (QED) is 0.771. The second-order valence-corrected chi connectivity index (χ2v) is 4.12. The Labute approximate surface area is 111 Å². The Morgan fingerprint density at radius 2 is 1.88 bits per heavy atom. The third-order valence-electron chi connectivity index (χ3n) is 1.79. The van der Waals surface area contributed by atoms with Crippen molar-refractivity contribution in [2.45, 2.75) is 0 Å². The highest BCUT2D eigenvalue weighted by molar-refractivity contribution is 6.42. The Morgan fingerprint density at radius 1 is 1.12 bits per heavy atom. The van der Waals surface area contributed by atoms with Gasteiger partial charge < -0.3 is 4.74 Å². The van der Waals surface area contributed by atoms with Crippen LogP contribution in [-0.2, 0) is 0 Å². The fourth-order valence-electron chi connectivity index (χ4n) is 1.05. The summed E-state index contributed by atoms with van der Waals surface area (Å²) in [5.41, 5.74) is 0. The first-order valence-electron chi connectivity index (χ1n) is 4.37. The first-order chi connectivity index (χ1) is 8.06. The van der Waals surface area contributed by atoms with Gasteiger partial charge in [0.15, 0.2) is 0 Å². The summed E-state index contributed by atoms with van der Waals surface area (Å²) in [5.74, 6) is -0.697. The number of hydrogen-bond acceptors (Lipinski definition) is 3. The molecule has 0 amide bonds. The maximum Gasteiger partial charge on any atom is 0.260 e. The summed E-state index contributed by atoms with van der Waals surface area (Å²) in [6, 6.07) is 4.50. The first kappa shape index (κ1) is 12.4. The lowest BCUT2D eigenvalue weighted by Crippen LogP contribution is -1.94. The third-order valence-corrected chi connectivity index (χ3v) is 2.71. The molecule has 0 fully saturated rings. The molecule has 0 aliphatic rings. The second kappa shape index (κ2) is 5.04. The Morgan fingerprint density at radius 3 is 2.59 bits per heavy atom. The molecule has 17 heavy (non-hydrogen) atoms. The topological polar surface area (TPSA) is 35.0 Å². The standard InChI is InChI=1S/C10H4Cl3FN2O/c11-6-2-1-5(3-7(6)12)17-9-8(14)4-15-10(13)16-9/h1-4H. The lowest BCUT2D eigenvalue weighted by atomic mass is 10.3. The van der Waals surface area contributed by atoms with Gasteiger partial charge in [0.1, 0.15) is 5.75 Å². The summed E-state index contributed by atoms with van der Waals surface area (Å²) in [5, 5.41) is 0.561. The minimum atomic E-state index is -0.722. The largest absolute Gasteiger partial charge is 0.436 e. The van der Waals surface area contributed by atoms with Crippen LogP contribution < -0.4 is 4.74 Å². The van der Waals surface area contributed by atoms with Crippen molar-refractivity contribution in [1.29, 1.82) is 0 Å². The molecule has 0 atom stereocenters. The summed E-state index contributed by atoms with van der Waals surface area (Å²) < 4.78 is 18.4. The summed E-state index contributed by atoms with van der Waals surface area (Å²) in [6.07, 6.45) is 0.919. The van der Waals surface area contributed by atoms with E-state index in [2.05, 4.69) is 9.97 Å². The van der Waals surface area contributed by atoms with Gasteiger partial charge in [-0.05, 0) is 23.7 Å². The summed E-state index contributed by atoms with van der Waals surface area (Å²) in [6.45, 7) is 0. The molecule has 0 bridgehead atoms. The number of hydrogen-bond donors (Lipinski definition) is 0. The zero-order valence-electron chi connectivity index (χ0n) is 8.12. The zero-order valence-corrected chi connectivity index (χ0v) is 10.4. The predicted molar refractivity (Wildman–Crippen MR) is 63.5 cm³/mol. The van der Waals surface area contributed by atoms with Gasteiger partial charge in [0.25, 0.3) is 5.88 Å². The van der Waals surface area contributed by atoms with Crippen molar-refractivity contribution < 1.29 is 9.13 Å². The third kappa shape index (κ3) is 2.97. The van der Waals surface area contributed by atoms with Gasteiger partial charge in [-0.2, -0.15) is 9.37 Å². The smallest absolute Gasteiger partial charge is 0.260 e. The van der Waals surface area contributed by atoms with Crippen LogP contribution >= 0.6 is 34.8 Å². The van der Waals surface area contributed by atoms with E-state index in [0.29, 0.717) is 15.8 Å². The minimum Gasteiger partial charge on any atom is -0.436 e. The molecule has 0 N–H and O–H groups in total. The molecular weight excluding hydrogens is 289 g/mol. The fourth-order valence-corrected chi connectivity index (χ4v) is 1.47. The van der Waals surface area contributed by atoms with Crippen LogP contribution in [0.25, 0.3) is 0 Å². The van der Waals surface area contributed by atoms with E-state index in [4.69, 9.17) is 39.5 Å². The highest BCUT2D eigenvalue weighted by Crippen LogP contribution is 2.29. The van der Waals surface area contributed by atoms with Gasteiger partial charge in [-0.3, -0.25) is 0 Å². The molecule has 3 nitrogen and oxygen atoms in total. The number of rotatable bonds is 2. The normalized spacial score (nSPS) is 10.4. The highest BCUT2D eigenvalue weighted by Gasteiger charge is 2.09. The number of benzene rings is 1. The van der Waals surface area contributed by atoms with E-state index in [1.54, 1.807) is 0 Å².